The van der Waals surface area contributed by atoms with Crippen molar-refractivity contribution in [2.24, 2.45) is 0 Å². The van der Waals surface area contributed by atoms with Crippen LogP contribution in [0.5, 0.6) is 0 Å². The van der Waals surface area contributed by atoms with Crippen molar-refractivity contribution >= 4 is 12.0 Å². The summed E-state index contributed by atoms with van der Waals surface area (Å²) in [5.74, 6) is -0.454. The fourth-order valence-corrected chi connectivity index (χ4v) is 3.51. The molecule has 0 radical (unpaired) electrons. The van der Waals surface area contributed by atoms with Gasteiger partial charge in [-0.3, -0.25) is 4.90 Å². The molecule has 1 atom stereocenters. The van der Waals surface area contributed by atoms with E-state index in [4.69, 9.17) is 4.74 Å². The highest BCUT2D eigenvalue weighted by molar-refractivity contribution is 5.95. The van der Waals surface area contributed by atoms with Gasteiger partial charge in [0.25, 0.3) is 0 Å². The Balaban J connectivity index is 1.91. The van der Waals surface area contributed by atoms with Gasteiger partial charge in [0.15, 0.2) is 0 Å². The number of likely N-dealkylation sites (N-methyl/N-ethyl adjacent to an activating group) is 1. The molecule has 2 N–H and O–H groups in total. The highest BCUT2D eigenvalue weighted by Gasteiger charge is 2.33. The summed E-state index contributed by atoms with van der Waals surface area (Å²) in [4.78, 5) is 27.0. The molecule has 6 nitrogen and oxygen atoms in total. The number of esters is 1. The lowest BCUT2D eigenvalue weighted by molar-refractivity contribution is -0.136. The van der Waals surface area contributed by atoms with Gasteiger partial charge in [-0.1, -0.05) is 61.5 Å². The van der Waals surface area contributed by atoms with Crippen LogP contribution in [0.25, 0.3) is 0 Å². The number of hydrogen-bond acceptors (Lipinski definition) is 4. The molecule has 0 bridgehead atoms. The van der Waals surface area contributed by atoms with E-state index < -0.39 is 12.0 Å². The van der Waals surface area contributed by atoms with E-state index in [1.807, 2.05) is 61.6 Å². The summed E-state index contributed by atoms with van der Waals surface area (Å²) in [5.41, 5.74) is 4.18. The first-order valence-electron chi connectivity index (χ1n) is 9.72. The van der Waals surface area contributed by atoms with Crippen LogP contribution in [0.15, 0.2) is 65.9 Å². The third-order valence-corrected chi connectivity index (χ3v) is 5.00. The van der Waals surface area contributed by atoms with Crippen molar-refractivity contribution in [3.05, 3.63) is 82.6 Å². The first-order chi connectivity index (χ1) is 14.0. The lowest BCUT2D eigenvalue weighted by Crippen LogP contribution is -2.48. The van der Waals surface area contributed by atoms with Crippen LogP contribution in [0.1, 0.15) is 29.7 Å². The third kappa shape index (κ3) is 5.03. The maximum atomic E-state index is 12.6. The Hall–Kier alpha value is -3.12. The Labute approximate surface area is 171 Å². The van der Waals surface area contributed by atoms with Crippen molar-refractivity contribution in [3.63, 3.8) is 0 Å². The summed E-state index contributed by atoms with van der Waals surface area (Å²) in [6.07, 6.45) is 0.925. The van der Waals surface area contributed by atoms with Gasteiger partial charge in [0.1, 0.15) is 0 Å². The zero-order chi connectivity index (χ0) is 20.8. The van der Waals surface area contributed by atoms with E-state index in [1.54, 1.807) is 0 Å². The molecule has 2 aromatic carbocycles. The number of benzene rings is 2. The van der Waals surface area contributed by atoms with Crippen molar-refractivity contribution < 1.29 is 14.3 Å². The molecule has 0 saturated carbocycles. The quantitative estimate of drug-likeness (QED) is 0.709. The molecule has 29 heavy (non-hydrogen) atoms. The Bertz CT molecular complexity index is 891. The molecule has 6 heteroatoms. The number of amides is 2. The van der Waals surface area contributed by atoms with Crippen LogP contribution in [0.2, 0.25) is 0 Å². The van der Waals surface area contributed by atoms with E-state index in [0.29, 0.717) is 24.4 Å². The van der Waals surface area contributed by atoms with Gasteiger partial charge in [0.05, 0.1) is 18.7 Å². The van der Waals surface area contributed by atoms with E-state index in [0.717, 1.165) is 17.5 Å². The molecule has 2 aromatic rings. The highest BCUT2D eigenvalue weighted by atomic mass is 16.5. The Morgan fingerprint density at radius 3 is 2.34 bits per heavy atom. The third-order valence-electron chi connectivity index (χ3n) is 5.00. The van der Waals surface area contributed by atoms with Gasteiger partial charge in [0.2, 0.25) is 0 Å². The van der Waals surface area contributed by atoms with Crippen molar-refractivity contribution in [3.8, 4) is 0 Å². The molecule has 0 aromatic heterocycles. The SMILES string of the molecule is CCc1ccc([C@H]2NC(=O)NC(CN(C)Cc3ccccc3)=C2C(=O)OC)cc1. The number of carbonyl (C=O) groups excluding carboxylic acids is 2. The summed E-state index contributed by atoms with van der Waals surface area (Å²) < 4.78 is 5.05. The summed E-state index contributed by atoms with van der Waals surface area (Å²) >= 11 is 0. The lowest BCUT2D eigenvalue weighted by atomic mass is 9.94. The zero-order valence-corrected chi connectivity index (χ0v) is 17.1. The number of aryl methyl sites for hydroxylation is 1. The summed E-state index contributed by atoms with van der Waals surface area (Å²) in [7, 11) is 3.31. The molecule has 3 rings (SSSR count). The maximum absolute atomic E-state index is 12.6. The minimum Gasteiger partial charge on any atom is -0.466 e. The van der Waals surface area contributed by atoms with Gasteiger partial charge in [-0.05, 0) is 30.2 Å². The maximum Gasteiger partial charge on any atom is 0.338 e. The molecule has 0 saturated heterocycles. The molecule has 1 aliphatic heterocycles. The summed E-state index contributed by atoms with van der Waals surface area (Å²) in [6, 6.07) is 17.1. The van der Waals surface area contributed by atoms with Crippen molar-refractivity contribution in [2.45, 2.75) is 25.9 Å². The van der Waals surface area contributed by atoms with E-state index in [1.165, 1.54) is 12.7 Å². The number of hydrogen-bond donors (Lipinski definition) is 2. The predicted molar refractivity (Wildman–Crippen MR) is 112 cm³/mol. The predicted octanol–water partition coefficient (Wildman–Crippen LogP) is 3.16. The largest absolute Gasteiger partial charge is 0.466 e. The average molecular weight is 393 g/mol. The second-order valence-electron chi connectivity index (χ2n) is 7.17. The molecule has 0 fully saturated rings. The van der Waals surface area contributed by atoms with Gasteiger partial charge in [-0.15, -0.1) is 0 Å². The van der Waals surface area contributed by atoms with Crippen LogP contribution in [-0.4, -0.2) is 37.6 Å². The first kappa shape index (κ1) is 20.6. The number of urea groups is 1. The topological polar surface area (TPSA) is 70.7 Å². The number of methoxy groups -OCH3 is 1. The molecule has 0 unspecified atom stereocenters. The Morgan fingerprint density at radius 2 is 1.72 bits per heavy atom. The molecule has 1 aliphatic rings. The minimum absolute atomic E-state index is 0.328. The molecule has 0 aliphatic carbocycles. The fourth-order valence-electron chi connectivity index (χ4n) is 3.51. The van der Waals surface area contributed by atoms with E-state index in [2.05, 4.69) is 22.5 Å². The second-order valence-corrected chi connectivity index (χ2v) is 7.17. The number of nitrogens with zero attached hydrogens (tertiary/aromatic N) is 1. The summed E-state index contributed by atoms with van der Waals surface area (Å²) in [5, 5.41) is 5.67. The van der Waals surface area contributed by atoms with Crippen LogP contribution in [0.3, 0.4) is 0 Å². The molecular formula is C23H27N3O3. The van der Waals surface area contributed by atoms with Crippen molar-refractivity contribution in [1.29, 1.82) is 0 Å². The smallest absolute Gasteiger partial charge is 0.338 e. The van der Waals surface area contributed by atoms with Crippen LogP contribution in [0, 0.1) is 0 Å². The van der Waals surface area contributed by atoms with Crippen LogP contribution >= 0.6 is 0 Å². The Morgan fingerprint density at radius 1 is 1.03 bits per heavy atom. The molecule has 1 heterocycles. The standard InChI is InChI=1S/C23H27N3O3/c1-4-16-10-12-18(13-11-16)21-20(22(27)29-3)19(24-23(28)25-21)15-26(2)14-17-8-6-5-7-9-17/h5-13,21H,4,14-15H2,1-3H3,(H2,24,25,28)/t21-/m1/s1. The van der Waals surface area contributed by atoms with Gasteiger partial charge in [-0.25, -0.2) is 9.59 Å². The van der Waals surface area contributed by atoms with Gasteiger partial charge >= 0.3 is 12.0 Å². The van der Waals surface area contributed by atoms with Gasteiger partial charge in [-0.2, -0.15) is 0 Å². The number of ether oxygens (including phenoxy) is 1. The molecular weight excluding hydrogens is 366 g/mol. The normalized spacial score (nSPS) is 16.4. The lowest BCUT2D eigenvalue weighted by Gasteiger charge is -2.31. The van der Waals surface area contributed by atoms with Gasteiger partial charge < -0.3 is 15.4 Å². The van der Waals surface area contributed by atoms with Crippen LogP contribution in [-0.2, 0) is 22.5 Å². The van der Waals surface area contributed by atoms with Crippen LogP contribution < -0.4 is 10.6 Å². The van der Waals surface area contributed by atoms with Crippen molar-refractivity contribution in [1.82, 2.24) is 15.5 Å². The molecule has 2 amide bonds. The highest BCUT2D eigenvalue weighted by Crippen LogP contribution is 2.28. The van der Waals surface area contributed by atoms with Crippen molar-refractivity contribution in [2.75, 3.05) is 20.7 Å². The number of rotatable bonds is 7. The van der Waals surface area contributed by atoms with Crippen LogP contribution in [0.4, 0.5) is 4.79 Å². The van der Waals surface area contributed by atoms with E-state index in [-0.39, 0.29) is 6.03 Å². The average Bonchev–Trinajstić information content (AvgIpc) is 2.73. The van der Waals surface area contributed by atoms with E-state index >= 15 is 0 Å². The molecule has 152 valence electrons. The zero-order valence-electron chi connectivity index (χ0n) is 17.1. The number of nitrogens with one attached hydrogen (secondary N) is 2. The fraction of sp³-hybridized carbons (Fsp3) is 0.304. The number of carbonyl (C=O) groups is 2. The first-order valence-corrected chi connectivity index (χ1v) is 9.72. The summed E-state index contributed by atoms with van der Waals surface area (Å²) in [6.45, 7) is 3.19. The Kier molecular flexibility index (Phi) is 6.67. The van der Waals surface area contributed by atoms with Gasteiger partial charge in [0, 0.05) is 18.8 Å². The monoisotopic (exact) mass is 393 g/mol. The van der Waals surface area contributed by atoms with E-state index in [9.17, 15) is 9.59 Å². The second kappa shape index (κ2) is 9.39. The minimum atomic E-state index is -0.553. The molecule has 0 spiro atoms.